The number of aryl methyl sites for hydroxylation is 1. The topological polar surface area (TPSA) is 105 Å². The van der Waals surface area contributed by atoms with Crippen molar-refractivity contribution in [3.63, 3.8) is 0 Å². The zero-order valence-electron chi connectivity index (χ0n) is 19.5. The number of ether oxygens (including phenoxy) is 2. The number of phenolic OH excluding ortho intramolecular Hbond substituents is 1. The van der Waals surface area contributed by atoms with Gasteiger partial charge in [0.1, 0.15) is 17.4 Å². The SMILES string of the molecule is CCCCCOC(=O)NCCC[C@H]1C[C@@H](O)[C@@H](C)CCCCc2cccc(O)c2C(=O)O1. The Balaban J connectivity index is 1.96. The fraction of sp³-hybridized carbons (Fsp3) is 0.680. The summed E-state index contributed by atoms with van der Waals surface area (Å²) in [6, 6.07) is 5.09. The van der Waals surface area contributed by atoms with E-state index in [1.165, 1.54) is 6.07 Å². The lowest BCUT2D eigenvalue weighted by Gasteiger charge is -2.26. The molecule has 1 aliphatic rings. The molecule has 2 rings (SSSR count). The van der Waals surface area contributed by atoms with Crippen molar-refractivity contribution in [3.05, 3.63) is 29.3 Å². The van der Waals surface area contributed by atoms with Crippen LogP contribution in [0.2, 0.25) is 0 Å². The summed E-state index contributed by atoms with van der Waals surface area (Å²) in [4.78, 5) is 24.6. The van der Waals surface area contributed by atoms with Gasteiger partial charge in [0.05, 0.1) is 12.7 Å². The first kappa shape index (κ1) is 26.0. The number of esters is 1. The molecule has 7 nitrogen and oxygen atoms in total. The van der Waals surface area contributed by atoms with Gasteiger partial charge in [-0.05, 0) is 56.1 Å². The van der Waals surface area contributed by atoms with Crippen LogP contribution in [0, 0.1) is 5.92 Å². The lowest BCUT2D eigenvalue weighted by atomic mass is 9.91. The Bertz CT molecular complexity index is 722. The maximum Gasteiger partial charge on any atom is 0.407 e. The summed E-state index contributed by atoms with van der Waals surface area (Å²) in [5.41, 5.74) is 1.00. The maximum atomic E-state index is 12.9. The minimum atomic E-state index is -0.576. The van der Waals surface area contributed by atoms with Crippen LogP contribution in [0.5, 0.6) is 5.75 Å². The van der Waals surface area contributed by atoms with E-state index in [1.807, 2.05) is 13.0 Å². The Kier molecular flexibility index (Phi) is 11.4. The second-order valence-corrected chi connectivity index (χ2v) is 8.78. The van der Waals surface area contributed by atoms with Crippen molar-refractivity contribution in [1.82, 2.24) is 5.32 Å². The normalized spacial score (nSPS) is 22.1. The minimum Gasteiger partial charge on any atom is -0.507 e. The van der Waals surface area contributed by atoms with Crippen LogP contribution in [0.15, 0.2) is 18.2 Å². The first-order valence-electron chi connectivity index (χ1n) is 12.0. The number of carbonyl (C=O) groups excluding carboxylic acids is 2. The van der Waals surface area contributed by atoms with Crippen molar-refractivity contribution in [2.45, 2.75) is 90.3 Å². The average Bonchev–Trinajstić information content (AvgIpc) is 2.76. The molecule has 1 aromatic carbocycles. The Labute approximate surface area is 191 Å². The fourth-order valence-electron chi connectivity index (χ4n) is 4.03. The van der Waals surface area contributed by atoms with Gasteiger partial charge in [-0.3, -0.25) is 0 Å². The number of nitrogens with one attached hydrogen (secondary N) is 1. The second kappa shape index (κ2) is 14.0. The molecule has 0 unspecified atom stereocenters. The predicted molar refractivity (Wildman–Crippen MR) is 123 cm³/mol. The predicted octanol–water partition coefficient (Wildman–Crippen LogP) is 4.73. The number of benzene rings is 1. The molecular weight excluding hydrogens is 410 g/mol. The van der Waals surface area contributed by atoms with Gasteiger partial charge in [0.15, 0.2) is 0 Å². The molecule has 32 heavy (non-hydrogen) atoms. The number of aliphatic hydroxyl groups is 1. The largest absolute Gasteiger partial charge is 0.507 e. The Hall–Kier alpha value is -2.28. The first-order chi connectivity index (χ1) is 15.4. The molecule has 1 amide bonds. The summed E-state index contributed by atoms with van der Waals surface area (Å²) in [5, 5.41) is 23.6. The van der Waals surface area contributed by atoms with Gasteiger partial charge in [0.2, 0.25) is 0 Å². The van der Waals surface area contributed by atoms with Crippen molar-refractivity contribution >= 4 is 12.1 Å². The third-order valence-electron chi connectivity index (χ3n) is 6.08. The van der Waals surface area contributed by atoms with Gasteiger partial charge in [-0.1, -0.05) is 45.2 Å². The van der Waals surface area contributed by atoms with Crippen molar-refractivity contribution in [3.8, 4) is 5.75 Å². The van der Waals surface area contributed by atoms with Crippen LogP contribution in [0.3, 0.4) is 0 Å². The highest BCUT2D eigenvalue weighted by molar-refractivity contribution is 5.94. The minimum absolute atomic E-state index is 0.0790. The van der Waals surface area contributed by atoms with Gasteiger partial charge in [0, 0.05) is 13.0 Å². The maximum absolute atomic E-state index is 12.9. The number of phenols is 1. The summed E-state index contributed by atoms with van der Waals surface area (Å²) in [5.74, 6) is -0.535. The summed E-state index contributed by atoms with van der Waals surface area (Å²) >= 11 is 0. The summed E-state index contributed by atoms with van der Waals surface area (Å²) in [7, 11) is 0. The lowest BCUT2D eigenvalue weighted by Crippen LogP contribution is -2.30. The molecule has 0 aromatic heterocycles. The molecule has 180 valence electrons. The molecule has 0 saturated carbocycles. The van der Waals surface area contributed by atoms with Gasteiger partial charge < -0.3 is 25.0 Å². The summed E-state index contributed by atoms with van der Waals surface area (Å²) < 4.78 is 10.9. The lowest BCUT2D eigenvalue weighted by molar-refractivity contribution is 0.00135. The molecule has 1 aromatic rings. The number of fused-ring (bicyclic) bond motifs is 1. The first-order valence-corrected chi connectivity index (χ1v) is 12.0. The molecular formula is C25H39NO6. The smallest absolute Gasteiger partial charge is 0.407 e. The fourth-order valence-corrected chi connectivity index (χ4v) is 4.03. The van der Waals surface area contributed by atoms with Crippen LogP contribution in [0.25, 0.3) is 0 Å². The quantitative estimate of drug-likeness (QED) is 0.391. The van der Waals surface area contributed by atoms with Gasteiger partial charge in [-0.15, -0.1) is 0 Å². The van der Waals surface area contributed by atoms with Gasteiger partial charge in [-0.2, -0.15) is 0 Å². The molecule has 7 heteroatoms. The van der Waals surface area contributed by atoms with Crippen molar-refractivity contribution in [2.24, 2.45) is 5.92 Å². The summed E-state index contributed by atoms with van der Waals surface area (Å²) in [6.45, 7) is 4.92. The molecule has 1 heterocycles. The zero-order valence-corrected chi connectivity index (χ0v) is 19.5. The van der Waals surface area contributed by atoms with E-state index in [0.717, 1.165) is 44.1 Å². The standard InChI is InChI=1S/C25H39NO6/c1-3-4-7-16-31-25(30)26-15-9-13-20-17-22(28)18(2)10-5-6-11-19-12-8-14-21(27)23(19)24(29)32-20/h8,12,14,18,20,22,27-28H,3-7,9-11,13,15-17H2,1-2H3,(H,26,30)/t18-,20-,22+/m0/s1. The number of cyclic esters (lactones) is 1. The van der Waals surface area contributed by atoms with Crippen LogP contribution in [-0.4, -0.2) is 47.6 Å². The van der Waals surface area contributed by atoms with E-state index in [9.17, 15) is 19.8 Å². The van der Waals surface area contributed by atoms with Crippen LogP contribution in [0.4, 0.5) is 4.79 Å². The number of unbranched alkanes of at least 4 members (excludes halogenated alkanes) is 2. The van der Waals surface area contributed by atoms with E-state index in [-0.39, 0.29) is 17.2 Å². The van der Waals surface area contributed by atoms with Gasteiger partial charge >= 0.3 is 12.1 Å². The molecule has 0 aliphatic carbocycles. The highest BCUT2D eigenvalue weighted by atomic mass is 16.6. The van der Waals surface area contributed by atoms with Crippen LogP contribution < -0.4 is 5.32 Å². The number of carbonyl (C=O) groups is 2. The van der Waals surface area contributed by atoms with E-state index in [4.69, 9.17) is 9.47 Å². The van der Waals surface area contributed by atoms with Crippen molar-refractivity contribution in [2.75, 3.05) is 13.2 Å². The number of aliphatic hydroxyl groups excluding tert-OH is 1. The zero-order chi connectivity index (χ0) is 23.3. The Morgan fingerprint density at radius 1 is 1.25 bits per heavy atom. The average molecular weight is 450 g/mol. The highest BCUT2D eigenvalue weighted by Gasteiger charge is 2.26. The van der Waals surface area contributed by atoms with Crippen LogP contribution >= 0.6 is 0 Å². The molecule has 0 radical (unpaired) electrons. The number of hydrogen-bond donors (Lipinski definition) is 3. The van der Waals surface area contributed by atoms with E-state index in [2.05, 4.69) is 12.2 Å². The molecule has 1 aliphatic heterocycles. The second-order valence-electron chi connectivity index (χ2n) is 8.78. The van der Waals surface area contributed by atoms with E-state index >= 15 is 0 Å². The molecule has 3 atom stereocenters. The third-order valence-corrected chi connectivity index (χ3v) is 6.08. The van der Waals surface area contributed by atoms with Crippen LogP contribution in [-0.2, 0) is 15.9 Å². The van der Waals surface area contributed by atoms with E-state index in [1.54, 1.807) is 6.07 Å². The Morgan fingerprint density at radius 3 is 2.84 bits per heavy atom. The molecule has 0 saturated heterocycles. The van der Waals surface area contributed by atoms with Gasteiger partial charge in [0.25, 0.3) is 0 Å². The molecule has 0 spiro atoms. The molecule has 0 bridgehead atoms. The van der Waals surface area contributed by atoms with E-state index < -0.39 is 24.3 Å². The number of rotatable bonds is 8. The monoisotopic (exact) mass is 449 g/mol. The van der Waals surface area contributed by atoms with E-state index in [0.29, 0.717) is 38.8 Å². The molecule has 0 fully saturated rings. The molecule has 3 N–H and O–H groups in total. The third kappa shape index (κ3) is 8.69. The summed E-state index contributed by atoms with van der Waals surface area (Å²) in [6.07, 6.45) is 6.22. The van der Waals surface area contributed by atoms with Crippen LogP contribution in [0.1, 0.15) is 87.6 Å². The number of alkyl carbamates (subject to hydrolysis) is 1. The number of amides is 1. The highest BCUT2D eigenvalue weighted by Crippen LogP contribution is 2.28. The number of aromatic hydroxyl groups is 1. The van der Waals surface area contributed by atoms with Gasteiger partial charge in [-0.25, -0.2) is 9.59 Å². The van der Waals surface area contributed by atoms with Crippen molar-refractivity contribution in [1.29, 1.82) is 0 Å². The van der Waals surface area contributed by atoms with Crippen molar-refractivity contribution < 1.29 is 29.3 Å². The Morgan fingerprint density at radius 2 is 2.06 bits per heavy atom. The number of hydrogen-bond acceptors (Lipinski definition) is 6.